The predicted molar refractivity (Wildman–Crippen MR) is 49.4 cm³/mol. The van der Waals surface area contributed by atoms with Crippen molar-refractivity contribution in [3.05, 3.63) is 11.7 Å². The van der Waals surface area contributed by atoms with Gasteiger partial charge in [0.05, 0.1) is 6.04 Å². The molecule has 2 heterocycles. The van der Waals surface area contributed by atoms with Gasteiger partial charge in [-0.25, -0.2) is 0 Å². The van der Waals surface area contributed by atoms with Crippen LogP contribution < -0.4 is 0 Å². The van der Waals surface area contributed by atoms with Crippen molar-refractivity contribution in [1.29, 1.82) is 0 Å². The Morgan fingerprint density at radius 1 is 1.64 bits per heavy atom. The summed E-state index contributed by atoms with van der Waals surface area (Å²) >= 11 is 0. The van der Waals surface area contributed by atoms with Gasteiger partial charge in [-0.1, -0.05) is 12.1 Å². The highest BCUT2D eigenvalue weighted by Crippen LogP contribution is 2.30. The molecule has 1 aromatic rings. The first kappa shape index (κ1) is 9.61. The van der Waals surface area contributed by atoms with E-state index in [-0.39, 0.29) is 12.6 Å². The zero-order valence-corrected chi connectivity index (χ0v) is 8.31. The molecule has 0 aromatic carbocycles. The van der Waals surface area contributed by atoms with Gasteiger partial charge in [0.2, 0.25) is 5.89 Å². The van der Waals surface area contributed by atoms with Gasteiger partial charge in [0.25, 0.3) is 0 Å². The first-order valence-corrected chi connectivity index (χ1v) is 5.02. The van der Waals surface area contributed by atoms with E-state index in [1.807, 2.05) is 0 Å². The van der Waals surface area contributed by atoms with E-state index in [1.165, 1.54) is 6.42 Å². The molecule has 1 unspecified atom stereocenters. The minimum atomic E-state index is -0.150. The zero-order chi connectivity index (χ0) is 9.97. The number of rotatable bonds is 3. The fourth-order valence-corrected chi connectivity index (χ4v) is 1.95. The maximum Gasteiger partial charge on any atom is 0.244 e. The number of nitrogens with zero attached hydrogens (tertiary/aromatic N) is 3. The van der Waals surface area contributed by atoms with Crippen LogP contribution in [0.1, 0.15) is 37.5 Å². The minimum absolute atomic E-state index is 0.150. The van der Waals surface area contributed by atoms with Crippen LogP contribution in [0.2, 0.25) is 0 Å². The van der Waals surface area contributed by atoms with Crippen molar-refractivity contribution in [2.45, 2.75) is 32.4 Å². The van der Waals surface area contributed by atoms with Crippen LogP contribution in [0.25, 0.3) is 0 Å². The molecule has 1 atom stereocenters. The predicted octanol–water partition coefficient (Wildman–Crippen LogP) is 0.719. The summed E-state index contributed by atoms with van der Waals surface area (Å²) < 4.78 is 5.11. The van der Waals surface area contributed by atoms with E-state index in [1.54, 1.807) is 0 Å². The lowest BCUT2D eigenvalue weighted by molar-refractivity contribution is 0.215. The monoisotopic (exact) mass is 197 g/mol. The van der Waals surface area contributed by atoms with Crippen LogP contribution in [-0.2, 0) is 6.61 Å². The second kappa shape index (κ2) is 4.06. The second-order valence-corrected chi connectivity index (χ2v) is 3.49. The summed E-state index contributed by atoms with van der Waals surface area (Å²) in [5.74, 6) is 1.02. The quantitative estimate of drug-likeness (QED) is 0.773. The Balaban J connectivity index is 2.13. The van der Waals surface area contributed by atoms with Gasteiger partial charge in [-0.2, -0.15) is 4.98 Å². The SMILES string of the molecule is CCN1CCCC1c1nc(CO)no1. The van der Waals surface area contributed by atoms with Gasteiger partial charge in [-0.05, 0) is 25.9 Å². The summed E-state index contributed by atoms with van der Waals surface area (Å²) in [6.07, 6.45) is 2.25. The summed E-state index contributed by atoms with van der Waals surface area (Å²) in [5.41, 5.74) is 0. The number of aliphatic hydroxyl groups is 1. The van der Waals surface area contributed by atoms with Crippen LogP contribution in [0, 0.1) is 0 Å². The Kier molecular flexibility index (Phi) is 2.79. The molecule has 1 saturated heterocycles. The third-order valence-electron chi connectivity index (χ3n) is 2.68. The van der Waals surface area contributed by atoms with Crippen molar-refractivity contribution in [3.63, 3.8) is 0 Å². The highest BCUT2D eigenvalue weighted by Gasteiger charge is 2.29. The second-order valence-electron chi connectivity index (χ2n) is 3.49. The molecule has 14 heavy (non-hydrogen) atoms. The molecule has 0 spiro atoms. The first-order chi connectivity index (χ1) is 6.85. The third-order valence-corrected chi connectivity index (χ3v) is 2.68. The fourth-order valence-electron chi connectivity index (χ4n) is 1.95. The lowest BCUT2D eigenvalue weighted by Crippen LogP contribution is -2.22. The van der Waals surface area contributed by atoms with Crippen LogP contribution in [0.15, 0.2) is 4.52 Å². The molecule has 1 N–H and O–H groups in total. The zero-order valence-electron chi connectivity index (χ0n) is 8.31. The molecule has 1 fully saturated rings. The molecule has 1 aliphatic heterocycles. The average molecular weight is 197 g/mol. The molecule has 5 nitrogen and oxygen atoms in total. The lowest BCUT2D eigenvalue weighted by atomic mass is 10.2. The smallest absolute Gasteiger partial charge is 0.244 e. The van der Waals surface area contributed by atoms with E-state index >= 15 is 0 Å². The van der Waals surface area contributed by atoms with Crippen molar-refractivity contribution < 1.29 is 9.63 Å². The molecule has 0 saturated carbocycles. The van der Waals surface area contributed by atoms with E-state index < -0.39 is 0 Å². The summed E-state index contributed by atoms with van der Waals surface area (Å²) in [7, 11) is 0. The molecule has 0 aliphatic carbocycles. The Labute approximate surface area is 82.7 Å². The molecule has 2 rings (SSSR count). The molecule has 1 aromatic heterocycles. The largest absolute Gasteiger partial charge is 0.388 e. The normalized spacial score (nSPS) is 23.1. The van der Waals surface area contributed by atoms with Gasteiger partial charge < -0.3 is 9.63 Å². The Morgan fingerprint density at radius 3 is 3.14 bits per heavy atom. The molecular formula is C9H15N3O2. The van der Waals surface area contributed by atoms with E-state index in [0.29, 0.717) is 11.7 Å². The van der Waals surface area contributed by atoms with Crippen LogP contribution in [0.5, 0.6) is 0 Å². The maximum atomic E-state index is 8.82. The molecule has 78 valence electrons. The van der Waals surface area contributed by atoms with Gasteiger partial charge >= 0.3 is 0 Å². The number of likely N-dealkylation sites (tertiary alicyclic amines) is 1. The highest BCUT2D eigenvalue weighted by molar-refractivity contribution is 4.95. The van der Waals surface area contributed by atoms with Crippen LogP contribution >= 0.6 is 0 Å². The van der Waals surface area contributed by atoms with Gasteiger partial charge in [-0.3, -0.25) is 4.90 Å². The molecule has 5 heteroatoms. The van der Waals surface area contributed by atoms with Crippen LogP contribution in [-0.4, -0.2) is 33.2 Å². The number of hydrogen-bond donors (Lipinski definition) is 1. The molecule has 0 bridgehead atoms. The highest BCUT2D eigenvalue weighted by atomic mass is 16.5. The van der Waals surface area contributed by atoms with E-state index in [4.69, 9.17) is 9.63 Å². The minimum Gasteiger partial charge on any atom is -0.388 e. The van der Waals surface area contributed by atoms with E-state index in [0.717, 1.165) is 19.5 Å². The summed E-state index contributed by atoms with van der Waals surface area (Å²) in [4.78, 5) is 6.45. The number of hydrogen-bond acceptors (Lipinski definition) is 5. The maximum absolute atomic E-state index is 8.82. The molecule has 0 radical (unpaired) electrons. The summed E-state index contributed by atoms with van der Waals surface area (Å²) in [6, 6.07) is 0.257. The molecule has 0 amide bonds. The molecule has 1 aliphatic rings. The van der Waals surface area contributed by atoms with Crippen molar-refractivity contribution in [2.75, 3.05) is 13.1 Å². The Morgan fingerprint density at radius 2 is 2.50 bits per heavy atom. The Bertz CT molecular complexity index is 300. The van der Waals surface area contributed by atoms with Crippen molar-refractivity contribution in [1.82, 2.24) is 15.0 Å². The van der Waals surface area contributed by atoms with Crippen LogP contribution in [0.4, 0.5) is 0 Å². The van der Waals surface area contributed by atoms with E-state index in [9.17, 15) is 0 Å². The van der Waals surface area contributed by atoms with E-state index in [2.05, 4.69) is 22.0 Å². The van der Waals surface area contributed by atoms with Gasteiger partial charge in [-0.15, -0.1) is 0 Å². The third kappa shape index (κ3) is 1.65. The summed E-state index contributed by atoms with van der Waals surface area (Å²) in [5, 5.41) is 12.5. The number of aromatic nitrogens is 2. The first-order valence-electron chi connectivity index (χ1n) is 5.02. The topological polar surface area (TPSA) is 62.4 Å². The summed E-state index contributed by atoms with van der Waals surface area (Å²) in [6.45, 7) is 4.07. The van der Waals surface area contributed by atoms with Gasteiger partial charge in [0.1, 0.15) is 6.61 Å². The molecular weight excluding hydrogens is 182 g/mol. The van der Waals surface area contributed by atoms with Crippen molar-refractivity contribution in [2.24, 2.45) is 0 Å². The van der Waals surface area contributed by atoms with Crippen molar-refractivity contribution >= 4 is 0 Å². The van der Waals surface area contributed by atoms with Gasteiger partial charge in [0, 0.05) is 0 Å². The van der Waals surface area contributed by atoms with Crippen molar-refractivity contribution in [3.8, 4) is 0 Å². The van der Waals surface area contributed by atoms with Crippen LogP contribution in [0.3, 0.4) is 0 Å². The van der Waals surface area contributed by atoms with Gasteiger partial charge in [0.15, 0.2) is 5.82 Å². The fraction of sp³-hybridized carbons (Fsp3) is 0.778. The lowest BCUT2D eigenvalue weighted by Gasteiger charge is -2.18. The average Bonchev–Trinajstić information content (AvgIpc) is 2.85. The standard InChI is InChI=1S/C9H15N3O2/c1-2-12-5-3-4-7(12)9-10-8(6-13)11-14-9/h7,13H,2-6H2,1H3. The number of aliphatic hydroxyl groups excluding tert-OH is 1. The Hall–Kier alpha value is -0.940.